The van der Waals surface area contributed by atoms with Crippen LogP contribution >= 0.6 is 0 Å². The van der Waals surface area contributed by atoms with Gasteiger partial charge in [-0.25, -0.2) is 45.6 Å². The number of hydrogen-bond donors (Lipinski definition) is 4. The van der Waals surface area contributed by atoms with Crippen molar-refractivity contribution < 1.29 is 44.7 Å². The Morgan fingerprint density at radius 1 is 0.566 bits per heavy atom. The predicted octanol–water partition coefficient (Wildman–Crippen LogP) is 6.20. The summed E-state index contributed by atoms with van der Waals surface area (Å²) in [4.78, 5) is 66.8. The van der Waals surface area contributed by atoms with Crippen LogP contribution in [0.3, 0.4) is 0 Å². The molecule has 0 bridgehead atoms. The molecular weight excluding hydrogens is 1030 g/mol. The second-order valence-corrected chi connectivity index (χ2v) is 20.8. The maximum Gasteiger partial charge on any atom is 0.262 e. The average Bonchev–Trinajstić information content (AvgIpc) is 3.41. The van der Waals surface area contributed by atoms with E-state index in [9.17, 15) is 44.8 Å². The number of aryl methyl sites for hydroxylation is 2. The van der Waals surface area contributed by atoms with Gasteiger partial charge in [-0.05, 0) is 96.8 Å². The van der Waals surface area contributed by atoms with Gasteiger partial charge in [0.2, 0.25) is 23.6 Å². The number of nitrogens with zero attached hydrogens (tertiary/aromatic N) is 6. The standard InChI is InChI=1S/2C26H26FN5O5S/c2*1-15-5-7-19(27)11-23(15)38(35,36)31-22-10-18(12-29-25(22)37-4)17-6-8-21-20(9-17)26(34)32(14-30-21)13-16(2)24(33)28-3/h2*5-12,14,16,31H,13H2,1-4H3,(H,28,33)/t2*16-/m10/s1. The van der Waals surface area contributed by atoms with Gasteiger partial charge in [0.1, 0.15) is 23.0 Å². The van der Waals surface area contributed by atoms with Gasteiger partial charge in [-0.3, -0.25) is 37.8 Å². The minimum Gasteiger partial charge on any atom is -0.480 e. The molecule has 2 amide bonds. The van der Waals surface area contributed by atoms with E-state index in [0.29, 0.717) is 55.2 Å². The minimum atomic E-state index is -4.17. The fourth-order valence-corrected chi connectivity index (χ4v) is 10.6. The molecular formula is C52H52F2N10O10S2. The van der Waals surface area contributed by atoms with Crippen LogP contribution in [-0.4, -0.2) is 86.0 Å². The van der Waals surface area contributed by atoms with E-state index in [1.54, 1.807) is 64.1 Å². The third kappa shape index (κ3) is 12.1. The molecule has 0 radical (unpaired) electrons. The molecule has 0 spiro atoms. The van der Waals surface area contributed by atoms with E-state index in [1.807, 2.05) is 0 Å². The van der Waals surface area contributed by atoms with Crippen LogP contribution in [0.15, 0.2) is 129 Å². The Hall–Kier alpha value is -8.64. The highest BCUT2D eigenvalue weighted by molar-refractivity contribution is 7.93. The summed E-state index contributed by atoms with van der Waals surface area (Å²) in [6, 6.07) is 20.1. The number of halogens is 2. The zero-order chi connectivity index (χ0) is 55.2. The Morgan fingerprint density at radius 3 is 1.30 bits per heavy atom. The molecule has 8 aromatic rings. The summed E-state index contributed by atoms with van der Waals surface area (Å²) in [6.07, 6.45) is 5.77. The Morgan fingerprint density at radius 2 is 0.947 bits per heavy atom. The quantitative estimate of drug-likeness (QED) is 0.0841. The largest absolute Gasteiger partial charge is 0.480 e. The maximum absolute atomic E-state index is 13.8. The number of hydrogen-bond acceptors (Lipinski definition) is 14. The SMILES string of the molecule is CNC(=O)[C@@H](C)Cn1cnc2ccc(-c3cnc(OC)c(NS(=O)(=O)c4cc(F)ccc4C)c3)cc2c1=O.CNC(=O)[C@H](C)Cn1cnc2ccc(-c3cnc(OC)c(NS(=O)(=O)c4cc(F)ccc4C)c3)cc2c1=O. The molecule has 0 aliphatic heterocycles. The normalized spacial score (nSPS) is 12.2. The first-order chi connectivity index (χ1) is 36.1. The van der Waals surface area contributed by atoms with E-state index in [-0.39, 0.29) is 68.9 Å². The lowest BCUT2D eigenvalue weighted by Gasteiger charge is -2.14. The lowest BCUT2D eigenvalue weighted by Crippen LogP contribution is -2.32. The van der Waals surface area contributed by atoms with Gasteiger partial charge < -0.3 is 20.1 Å². The molecule has 20 nitrogen and oxygen atoms in total. The molecule has 2 atom stereocenters. The number of nitrogens with one attached hydrogen (secondary N) is 4. The molecule has 0 unspecified atom stereocenters. The lowest BCUT2D eigenvalue weighted by molar-refractivity contribution is -0.125. The van der Waals surface area contributed by atoms with Crippen molar-refractivity contribution in [3.05, 3.63) is 153 Å². The van der Waals surface area contributed by atoms with E-state index in [1.165, 1.54) is 98.9 Å². The first-order valence-electron chi connectivity index (χ1n) is 23.2. The molecule has 0 saturated carbocycles. The van der Waals surface area contributed by atoms with Crippen LogP contribution < -0.4 is 40.7 Å². The number of carbonyl (C=O) groups is 2. The summed E-state index contributed by atoms with van der Waals surface area (Å²) in [5.74, 6) is -2.62. The van der Waals surface area contributed by atoms with Gasteiger partial charge in [0, 0.05) is 50.7 Å². The number of rotatable bonds is 16. The maximum atomic E-state index is 13.8. The number of pyridine rings is 2. The highest BCUT2D eigenvalue weighted by atomic mass is 32.2. The van der Waals surface area contributed by atoms with Crippen LogP contribution in [0.25, 0.3) is 44.1 Å². The molecule has 0 saturated heterocycles. The molecule has 4 heterocycles. The topological polar surface area (TPSA) is 265 Å². The number of ether oxygens (including phenoxy) is 2. The third-order valence-electron chi connectivity index (χ3n) is 12.1. The van der Waals surface area contributed by atoms with Crippen molar-refractivity contribution in [3.63, 3.8) is 0 Å². The smallest absolute Gasteiger partial charge is 0.262 e. The molecule has 4 aromatic carbocycles. The minimum absolute atomic E-state index is 0.0133. The van der Waals surface area contributed by atoms with E-state index >= 15 is 0 Å². The molecule has 0 aliphatic rings. The van der Waals surface area contributed by atoms with Crippen LogP contribution in [0.5, 0.6) is 11.8 Å². The summed E-state index contributed by atoms with van der Waals surface area (Å²) in [5.41, 5.74) is 3.23. The van der Waals surface area contributed by atoms with Gasteiger partial charge in [0.25, 0.3) is 31.2 Å². The second kappa shape index (κ2) is 22.9. The van der Waals surface area contributed by atoms with Gasteiger partial charge in [-0.15, -0.1) is 0 Å². The first kappa shape index (κ1) is 55.1. The van der Waals surface area contributed by atoms with E-state index in [0.717, 1.165) is 12.1 Å². The first-order valence-corrected chi connectivity index (χ1v) is 26.1. The lowest BCUT2D eigenvalue weighted by atomic mass is 10.0. The number of carbonyl (C=O) groups excluding carboxylic acids is 2. The van der Waals surface area contributed by atoms with Crippen molar-refractivity contribution in [1.29, 1.82) is 0 Å². The van der Waals surface area contributed by atoms with Crippen molar-refractivity contribution in [2.24, 2.45) is 11.8 Å². The number of amides is 2. The molecule has 0 fully saturated rings. The third-order valence-corrected chi connectivity index (χ3v) is 15.1. The number of sulfonamides is 2. The highest BCUT2D eigenvalue weighted by Gasteiger charge is 2.24. The Kier molecular flexibility index (Phi) is 16.6. The van der Waals surface area contributed by atoms with Gasteiger partial charge in [-0.1, -0.05) is 38.1 Å². The summed E-state index contributed by atoms with van der Waals surface area (Å²) in [5, 5.41) is 5.76. The van der Waals surface area contributed by atoms with Gasteiger partial charge in [0.05, 0.1) is 70.3 Å². The summed E-state index contributed by atoms with van der Waals surface area (Å²) in [6.45, 7) is 6.85. The molecule has 0 aliphatic carbocycles. The molecule has 396 valence electrons. The van der Waals surface area contributed by atoms with Crippen molar-refractivity contribution >= 4 is 65.0 Å². The van der Waals surface area contributed by atoms with Crippen molar-refractivity contribution in [3.8, 4) is 34.0 Å². The fourth-order valence-electron chi connectivity index (χ4n) is 8.00. The summed E-state index contributed by atoms with van der Waals surface area (Å²) < 4.78 is 97.9. The van der Waals surface area contributed by atoms with Crippen LogP contribution in [0.4, 0.5) is 20.2 Å². The Balaban J connectivity index is 0.000000221. The molecule has 76 heavy (non-hydrogen) atoms. The van der Waals surface area contributed by atoms with Crippen LogP contribution in [-0.2, 0) is 42.7 Å². The van der Waals surface area contributed by atoms with Crippen LogP contribution in [0.2, 0.25) is 0 Å². The van der Waals surface area contributed by atoms with Gasteiger partial charge in [0.15, 0.2) is 0 Å². The summed E-state index contributed by atoms with van der Waals surface area (Å²) >= 11 is 0. The van der Waals surface area contributed by atoms with Crippen LogP contribution in [0.1, 0.15) is 25.0 Å². The average molecular weight is 1080 g/mol. The van der Waals surface area contributed by atoms with E-state index in [4.69, 9.17) is 9.47 Å². The van der Waals surface area contributed by atoms with Crippen molar-refractivity contribution in [2.75, 3.05) is 37.8 Å². The van der Waals surface area contributed by atoms with E-state index < -0.39 is 43.5 Å². The van der Waals surface area contributed by atoms with Gasteiger partial charge >= 0.3 is 0 Å². The number of benzene rings is 4. The monoisotopic (exact) mass is 1080 g/mol. The Bertz CT molecular complexity index is 3660. The molecule has 8 rings (SSSR count). The van der Waals surface area contributed by atoms with Crippen molar-refractivity contribution in [1.82, 2.24) is 39.7 Å². The number of methoxy groups -OCH3 is 2. The molecule has 24 heteroatoms. The predicted molar refractivity (Wildman–Crippen MR) is 282 cm³/mol. The number of aromatic nitrogens is 6. The second-order valence-electron chi connectivity index (χ2n) is 17.5. The van der Waals surface area contributed by atoms with Gasteiger partial charge in [-0.2, -0.15) is 0 Å². The number of fused-ring (bicyclic) bond motifs is 2. The van der Waals surface area contributed by atoms with Crippen molar-refractivity contribution in [2.45, 2.75) is 50.6 Å². The summed E-state index contributed by atoms with van der Waals surface area (Å²) in [7, 11) is -2.59. The number of anilines is 2. The van der Waals surface area contributed by atoms with E-state index in [2.05, 4.69) is 40.0 Å². The Labute approximate surface area is 435 Å². The van der Waals surface area contributed by atoms with Crippen LogP contribution in [0, 0.1) is 37.3 Å². The zero-order valence-electron chi connectivity index (χ0n) is 42.3. The fraction of sp³-hybridized carbons (Fsp3) is 0.231. The zero-order valence-corrected chi connectivity index (χ0v) is 43.9. The molecule has 4 aromatic heterocycles. The highest BCUT2D eigenvalue weighted by Crippen LogP contribution is 2.33. The molecule has 4 N–H and O–H groups in total.